The zero-order valence-corrected chi connectivity index (χ0v) is 11.7. The average Bonchev–Trinajstić information content (AvgIpc) is 2.52. The normalized spacial score (nSPS) is 19.6. The van der Waals surface area contributed by atoms with Crippen molar-refractivity contribution in [2.75, 3.05) is 19.6 Å². The predicted molar refractivity (Wildman–Crippen MR) is 78.8 cm³/mol. The quantitative estimate of drug-likeness (QED) is 0.933. The van der Waals surface area contributed by atoms with Gasteiger partial charge in [0.2, 0.25) is 0 Å². The van der Waals surface area contributed by atoms with Gasteiger partial charge in [-0.1, -0.05) is 30.3 Å². The van der Waals surface area contributed by atoms with E-state index in [9.17, 15) is 8.78 Å². The highest BCUT2D eigenvalue weighted by Crippen LogP contribution is 2.25. The lowest BCUT2D eigenvalue weighted by molar-refractivity contribution is 0.152. The molecule has 21 heavy (non-hydrogen) atoms. The Kier molecular flexibility index (Phi) is 4.27. The molecule has 0 aromatic heterocycles. The molecule has 0 bridgehead atoms. The second kappa shape index (κ2) is 6.33. The van der Waals surface area contributed by atoms with Crippen molar-refractivity contribution in [3.8, 4) is 0 Å². The van der Waals surface area contributed by atoms with Gasteiger partial charge < -0.3 is 5.32 Å². The number of rotatable bonds is 3. The molecule has 0 radical (unpaired) electrons. The van der Waals surface area contributed by atoms with Gasteiger partial charge in [0.1, 0.15) is 11.6 Å². The van der Waals surface area contributed by atoms with E-state index in [4.69, 9.17) is 0 Å². The van der Waals surface area contributed by atoms with Crippen molar-refractivity contribution >= 4 is 0 Å². The third-order valence-corrected chi connectivity index (χ3v) is 3.92. The Bertz CT molecular complexity index is 601. The van der Waals surface area contributed by atoms with Crippen LogP contribution in [0.15, 0.2) is 48.5 Å². The van der Waals surface area contributed by atoms with Gasteiger partial charge in [-0.2, -0.15) is 0 Å². The first kappa shape index (κ1) is 14.2. The van der Waals surface area contributed by atoms with Gasteiger partial charge >= 0.3 is 0 Å². The van der Waals surface area contributed by atoms with Crippen molar-refractivity contribution in [2.45, 2.75) is 12.6 Å². The Morgan fingerprint density at radius 1 is 1.10 bits per heavy atom. The van der Waals surface area contributed by atoms with E-state index < -0.39 is 5.82 Å². The molecule has 2 nitrogen and oxygen atoms in total. The molecule has 1 unspecified atom stereocenters. The Hall–Kier alpha value is -1.78. The first-order valence-corrected chi connectivity index (χ1v) is 7.17. The molecule has 0 aliphatic carbocycles. The lowest BCUT2D eigenvalue weighted by atomic mass is 10.0. The maximum Gasteiger partial charge on any atom is 0.127 e. The van der Waals surface area contributed by atoms with Crippen LogP contribution < -0.4 is 5.32 Å². The van der Waals surface area contributed by atoms with Crippen molar-refractivity contribution in [1.29, 1.82) is 0 Å². The molecule has 1 N–H and O–H groups in total. The Morgan fingerprint density at radius 2 is 1.90 bits per heavy atom. The van der Waals surface area contributed by atoms with E-state index in [0.717, 1.165) is 25.7 Å². The lowest BCUT2D eigenvalue weighted by Crippen LogP contribution is -2.45. The largest absolute Gasteiger partial charge is 0.314 e. The molecule has 1 fully saturated rings. The van der Waals surface area contributed by atoms with Crippen LogP contribution in [0, 0.1) is 11.6 Å². The van der Waals surface area contributed by atoms with Crippen LogP contribution in [0.3, 0.4) is 0 Å². The molecule has 3 rings (SSSR count). The van der Waals surface area contributed by atoms with Crippen LogP contribution in [0.2, 0.25) is 0 Å². The first-order chi connectivity index (χ1) is 10.2. The summed E-state index contributed by atoms with van der Waals surface area (Å²) in [5.41, 5.74) is 1.61. The summed E-state index contributed by atoms with van der Waals surface area (Å²) in [7, 11) is 0. The SMILES string of the molecule is Fc1ccc(F)c(CN2CCNCC2c2ccccc2)c1. The maximum absolute atomic E-state index is 13.8. The fourth-order valence-electron chi connectivity index (χ4n) is 2.82. The number of piperazine rings is 1. The molecule has 2 aromatic carbocycles. The summed E-state index contributed by atoms with van der Waals surface area (Å²) >= 11 is 0. The van der Waals surface area contributed by atoms with Crippen molar-refractivity contribution in [3.05, 3.63) is 71.3 Å². The Labute approximate surface area is 123 Å². The van der Waals surface area contributed by atoms with Crippen LogP contribution in [0.5, 0.6) is 0 Å². The monoisotopic (exact) mass is 288 g/mol. The first-order valence-electron chi connectivity index (χ1n) is 7.17. The number of halogens is 2. The van der Waals surface area contributed by atoms with E-state index in [2.05, 4.69) is 22.3 Å². The summed E-state index contributed by atoms with van der Waals surface area (Å²) in [6, 6.07) is 14.0. The zero-order valence-electron chi connectivity index (χ0n) is 11.7. The topological polar surface area (TPSA) is 15.3 Å². The van der Waals surface area contributed by atoms with Gasteiger partial charge in [-0.3, -0.25) is 4.90 Å². The van der Waals surface area contributed by atoms with Gasteiger partial charge in [0.05, 0.1) is 0 Å². The molecule has 4 heteroatoms. The van der Waals surface area contributed by atoms with E-state index >= 15 is 0 Å². The van der Waals surface area contributed by atoms with Crippen molar-refractivity contribution < 1.29 is 8.78 Å². The summed E-state index contributed by atoms with van der Waals surface area (Å²) < 4.78 is 27.2. The van der Waals surface area contributed by atoms with E-state index in [-0.39, 0.29) is 11.9 Å². The molecule has 0 spiro atoms. The van der Waals surface area contributed by atoms with E-state index in [1.807, 2.05) is 18.2 Å². The molecule has 1 heterocycles. The molecule has 110 valence electrons. The lowest BCUT2D eigenvalue weighted by Gasteiger charge is -2.36. The van der Waals surface area contributed by atoms with Gasteiger partial charge in [-0.25, -0.2) is 8.78 Å². The molecule has 2 aromatic rings. The fourth-order valence-corrected chi connectivity index (χ4v) is 2.82. The zero-order chi connectivity index (χ0) is 14.7. The highest BCUT2D eigenvalue weighted by molar-refractivity contribution is 5.22. The minimum atomic E-state index is -0.391. The van der Waals surface area contributed by atoms with Crippen molar-refractivity contribution in [2.24, 2.45) is 0 Å². The van der Waals surface area contributed by atoms with Crippen LogP contribution in [0.25, 0.3) is 0 Å². The molecular formula is C17H18F2N2. The van der Waals surface area contributed by atoms with Crippen molar-refractivity contribution in [3.63, 3.8) is 0 Å². The van der Waals surface area contributed by atoms with Gasteiger partial charge in [0.25, 0.3) is 0 Å². The van der Waals surface area contributed by atoms with Crippen LogP contribution >= 0.6 is 0 Å². The summed E-state index contributed by atoms with van der Waals surface area (Å²) in [5.74, 6) is -0.737. The van der Waals surface area contributed by atoms with E-state index in [1.165, 1.54) is 17.7 Å². The Balaban J connectivity index is 1.83. The van der Waals surface area contributed by atoms with Gasteiger partial charge in [-0.15, -0.1) is 0 Å². The molecule has 1 aliphatic heterocycles. The Morgan fingerprint density at radius 3 is 2.71 bits per heavy atom. The summed E-state index contributed by atoms with van der Waals surface area (Å²) in [5, 5.41) is 3.37. The smallest absolute Gasteiger partial charge is 0.127 e. The molecule has 1 atom stereocenters. The molecular weight excluding hydrogens is 270 g/mol. The average molecular weight is 288 g/mol. The second-order valence-electron chi connectivity index (χ2n) is 5.34. The molecule has 1 aliphatic rings. The van der Waals surface area contributed by atoms with Crippen LogP contribution in [-0.2, 0) is 6.54 Å². The van der Waals surface area contributed by atoms with Gasteiger partial charge in [0.15, 0.2) is 0 Å². The van der Waals surface area contributed by atoms with E-state index in [0.29, 0.717) is 12.1 Å². The number of nitrogens with one attached hydrogen (secondary N) is 1. The highest BCUT2D eigenvalue weighted by atomic mass is 19.1. The summed E-state index contributed by atoms with van der Waals surface area (Å²) in [4.78, 5) is 2.20. The molecule has 1 saturated heterocycles. The number of hydrogen-bond acceptors (Lipinski definition) is 2. The van der Waals surface area contributed by atoms with Crippen LogP contribution in [0.4, 0.5) is 8.78 Å². The minimum absolute atomic E-state index is 0.183. The predicted octanol–water partition coefficient (Wildman–Crippen LogP) is 3.11. The number of benzene rings is 2. The summed E-state index contributed by atoms with van der Waals surface area (Å²) in [6.45, 7) is 2.92. The summed E-state index contributed by atoms with van der Waals surface area (Å²) in [6.07, 6.45) is 0. The van der Waals surface area contributed by atoms with Gasteiger partial charge in [-0.05, 0) is 23.8 Å². The second-order valence-corrected chi connectivity index (χ2v) is 5.34. The minimum Gasteiger partial charge on any atom is -0.314 e. The maximum atomic E-state index is 13.8. The van der Waals surface area contributed by atoms with Crippen LogP contribution in [-0.4, -0.2) is 24.5 Å². The van der Waals surface area contributed by atoms with E-state index in [1.54, 1.807) is 0 Å². The highest BCUT2D eigenvalue weighted by Gasteiger charge is 2.24. The number of hydrogen-bond donors (Lipinski definition) is 1. The molecule has 0 amide bonds. The van der Waals surface area contributed by atoms with Crippen molar-refractivity contribution in [1.82, 2.24) is 10.2 Å². The van der Waals surface area contributed by atoms with Crippen LogP contribution in [0.1, 0.15) is 17.2 Å². The number of nitrogens with zero attached hydrogens (tertiary/aromatic N) is 1. The standard InChI is InChI=1S/C17H18F2N2/c18-15-6-7-16(19)14(10-15)12-21-9-8-20-11-17(21)13-4-2-1-3-5-13/h1-7,10,17,20H,8-9,11-12H2. The molecule has 0 saturated carbocycles. The van der Waals surface area contributed by atoms with Gasteiger partial charge in [0, 0.05) is 37.8 Å². The third kappa shape index (κ3) is 3.28. The third-order valence-electron chi connectivity index (χ3n) is 3.92. The fraction of sp³-hybridized carbons (Fsp3) is 0.294.